The number of hydrogen-bond donors (Lipinski definition) is 1. The van der Waals surface area contributed by atoms with E-state index in [1.165, 1.54) is 0 Å². The summed E-state index contributed by atoms with van der Waals surface area (Å²) in [6.45, 7) is 5.82. The van der Waals surface area contributed by atoms with E-state index in [4.69, 9.17) is 5.73 Å². The van der Waals surface area contributed by atoms with E-state index in [1.54, 1.807) is 0 Å². The molecule has 0 aliphatic rings. The molecule has 1 nitrogen and oxygen atoms in total. The summed E-state index contributed by atoms with van der Waals surface area (Å²) in [6, 6.07) is 7.46. The first-order valence-electron chi connectivity index (χ1n) is 4.86. The Kier molecular flexibility index (Phi) is 3.14. The van der Waals surface area contributed by atoms with Gasteiger partial charge in [0.2, 0.25) is 0 Å². The zero-order valence-electron chi connectivity index (χ0n) is 9.05. The highest BCUT2D eigenvalue weighted by molar-refractivity contribution is 5.40. The molecule has 0 bridgehead atoms. The Labute approximate surface area is 85.1 Å². The summed E-state index contributed by atoms with van der Waals surface area (Å²) >= 11 is 0. The van der Waals surface area contributed by atoms with Crippen LogP contribution in [0, 0.1) is 5.41 Å². The molecule has 0 fully saturated rings. The van der Waals surface area contributed by atoms with Crippen molar-refractivity contribution in [1.29, 1.82) is 0 Å². The van der Waals surface area contributed by atoms with E-state index in [9.17, 15) is 4.39 Å². The van der Waals surface area contributed by atoms with E-state index in [0.717, 1.165) is 11.3 Å². The maximum atomic E-state index is 12.9. The average Bonchev–Trinajstić information content (AvgIpc) is 2.07. The summed E-state index contributed by atoms with van der Waals surface area (Å²) in [5, 5.41) is 0. The van der Waals surface area contributed by atoms with Gasteiger partial charge >= 0.3 is 0 Å². The number of benzene rings is 1. The molecule has 1 rings (SSSR count). The van der Waals surface area contributed by atoms with Crippen LogP contribution in [0.25, 0.3) is 0 Å². The van der Waals surface area contributed by atoms with E-state index < -0.39 is 0 Å². The third-order valence-electron chi connectivity index (χ3n) is 2.54. The fraction of sp³-hybridized carbons (Fsp3) is 0.500. The fourth-order valence-corrected chi connectivity index (χ4v) is 1.55. The molecule has 2 heteroatoms. The lowest BCUT2D eigenvalue weighted by Gasteiger charge is -2.28. The first kappa shape index (κ1) is 11.0. The second kappa shape index (κ2) is 3.99. The molecule has 0 spiro atoms. The van der Waals surface area contributed by atoms with Crippen LogP contribution in [0.2, 0.25) is 0 Å². The molecule has 1 unspecified atom stereocenters. The van der Waals surface area contributed by atoms with Gasteiger partial charge in [-0.15, -0.1) is 0 Å². The lowest BCUT2D eigenvalue weighted by Crippen LogP contribution is -2.20. The fourth-order valence-electron chi connectivity index (χ4n) is 1.55. The van der Waals surface area contributed by atoms with Crippen LogP contribution < -0.4 is 5.73 Å². The molecule has 0 saturated carbocycles. The van der Waals surface area contributed by atoms with Crippen LogP contribution in [0.1, 0.15) is 32.3 Å². The molecule has 0 aromatic heterocycles. The minimum absolute atomic E-state index is 0.0507. The molecule has 78 valence electrons. The van der Waals surface area contributed by atoms with Gasteiger partial charge in [0.25, 0.3) is 0 Å². The smallest absolute Gasteiger partial charge is 0.0967 e. The zero-order valence-corrected chi connectivity index (χ0v) is 9.05. The quantitative estimate of drug-likeness (QED) is 0.719. The van der Waals surface area contributed by atoms with Crippen molar-refractivity contribution in [3.8, 4) is 0 Å². The molecule has 0 heterocycles. The van der Waals surface area contributed by atoms with Gasteiger partial charge in [-0.1, -0.05) is 32.9 Å². The molecule has 2 N–H and O–H groups in total. The van der Waals surface area contributed by atoms with Gasteiger partial charge in [0.1, 0.15) is 0 Å². The highest BCUT2D eigenvalue weighted by Crippen LogP contribution is 2.35. The molecule has 14 heavy (non-hydrogen) atoms. The summed E-state index contributed by atoms with van der Waals surface area (Å²) in [6.07, 6.45) is 0. The van der Waals surface area contributed by atoms with E-state index in [0.29, 0.717) is 0 Å². The molecule has 0 aliphatic heterocycles. The van der Waals surface area contributed by atoms with Gasteiger partial charge in [0.15, 0.2) is 0 Å². The highest BCUT2D eigenvalue weighted by Gasteiger charge is 2.25. The topological polar surface area (TPSA) is 26.0 Å². The second-order valence-electron chi connectivity index (χ2n) is 4.74. The predicted octanol–water partition coefficient (Wildman–Crippen LogP) is 3.37. The molecular formula is C12H18FN. The Hall–Kier alpha value is -1.05. The molecule has 0 radical (unpaired) electrons. The van der Waals surface area contributed by atoms with Gasteiger partial charge in [0.05, 0.1) is 6.67 Å². The SMILES string of the molecule is CC(C)(C)C(CF)c1ccc(N)cc1. The highest BCUT2D eigenvalue weighted by atomic mass is 19.1. The maximum Gasteiger partial charge on any atom is 0.0967 e. The Morgan fingerprint density at radius 1 is 1.21 bits per heavy atom. The second-order valence-corrected chi connectivity index (χ2v) is 4.74. The first-order chi connectivity index (χ1) is 6.45. The van der Waals surface area contributed by atoms with Crippen molar-refractivity contribution < 1.29 is 4.39 Å². The van der Waals surface area contributed by atoms with Crippen LogP contribution in [0.15, 0.2) is 24.3 Å². The normalized spacial score (nSPS) is 14.0. The van der Waals surface area contributed by atoms with E-state index in [1.807, 2.05) is 45.0 Å². The molecule has 0 amide bonds. The summed E-state index contributed by atoms with van der Waals surface area (Å²) in [7, 11) is 0. The largest absolute Gasteiger partial charge is 0.399 e. The number of nitrogen functional groups attached to an aromatic ring is 1. The van der Waals surface area contributed by atoms with Crippen molar-refractivity contribution >= 4 is 5.69 Å². The Bertz CT molecular complexity index is 284. The van der Waals surface area contributed by atoms with Crippen molar-refractivity contribution in [3.05, 3.63) is 29.8 Å². The van der Waals surface area contributed by atoms with E-state index in [-0.39, 0.29) is 18.0 Å². The van der Waals surface area contributed by atoms with Crippen molar-refractivity contribution in [2.45, 2.75) is 26.7 Å². The number of nitrogens with two attached hydrogens (primary N) is 1. The summed E-state index contributed by atoms with van der Waals surface area (Å²) in [4.78, 5) is 0. The zero-order chi connectivity index (χ0) is 10.8. The van der Waals surface area contributed by atoms with Crippen molar-refractivity contribution in [2.75, 3.05) is 12.4 Å². The third kappa shape index (κ3) is 2.47. The first-order valence-corrected chi connectivity index (χ1v) is 4.86. The van der Waals surface area contributed by atoms with Crippen LogP contribution in [0.3, 0.4) is 0 Å². The molecular weight excluding hydrogens is 177 g/mol. The minimum Gasteiger partial charge on any atom is -0.399 e. The van der Waals surface area contributed by atoms with Crippen LogP contribution in [0.4, 0.5) is 10.1 Å². The Morgan fingerprint density at radius 3 is 2.07 bits per heavy atom. The predicted molar refractivity (Wildman–Crippen MR) is 59.0 cm³/mol. The van der Waals surface area contributed by atoms with Gasteiger partial charge in [-0.25, -0.2) is 0 Å². The molecule has 1 aromatic carbocycles. The van der Waals surface area contributed by atoms with Gasteiger partial charge < -0.3 is 5.73 Å². The van der Waals surface area contributed by atoms with Gasteiger partial charge in [-0.3, -0.25) is 4.39 Å². The standard InChI is InChI=1S/C12H18FN/c1-12(2,3)11(8-13)9-4-6-10(14)7-5-9/h4-7,11H,8,14H2,1-3H3. The van der Waals surface area contributed by atoms with Crippen LogP contribution in [-0.4, -0.2) is 6.67 Å². The maximum absolute atomic E-state index is 12.9. The van der Waals surface area contributed by atoms with Crippen molar-refractivity contribution in [2.24, 2.45) is 5.41 Å². The van der Waals surface area contributed by atoms with E-state index >= 15 is 0 Å². The molecule has 1 atom stereocenters. The Morgan fingerprint density at radius 2 is 1.71 bits per heavy atom. The number of hydrogen-bond acceptors (Lipinski definition) is 1. The molecule has 0 aliphatic carbocycles. The lowest BCUT2D eigenvalue weighted by atomic mass is 9.77. The average molecular weight is 195 g/mol. The summed E-state index contributed by atoms with van der Waals surface area (Å²) in [5.41, 5.74) is 7.28. The van der Waals surface area contributed by atoms with Gasteiger partial charge in [0, 0.05) is 11.6 Å². The van der Waals surface area contributed by atoms with Gasteiger partial charge in [-0.2, -0.15) is 0 Å². The third-order valence-corrected chi connectivity index (χ3v) is 2.54. The number of rotatable bonds is 2. The number of halogens is 1. The van der Waals surface area contributed by atoms with Gasteiger partial charge in [-0.05, 0) is 23.1 Å². The van der Waals surface area contributed by atoms with Crippen LogP contribution in [0.5, 0.6) is 0 Å². The summed E-state index contributed by atoms with van der Waals surface area (Å²) in [5.74, 6) is -0.0527. The number of anilines is 1. The van der Waals surface area contributed by atoms with E-state index in [2.05, 4.69) is 0 Å². The van der Waals surface area contributed by atoms with Crippen molar-refractivity contribution in [1.82, 2.24) is 0 Å². The molecule has 0 saturated heterocycles. The number of alkyl halides is 1. The minimum atomic E-state index is -0.326. The van der Waals surface area contributed by atoms with Crippen molar-refractivity contribution in [3.63, 3.8) is 0 Å². The lowest BCUT2D eigenvalue weighted by molar-refractivity contribution is 0.262. The monoisotopic (exact) mass is 195 g/mol. The summed E-state index contributed by atoms with van der Waals surface area (Å²) < 4.78 is 12.9. The van der Waals surface area contributed by atoms with Crippen LogP contribution >= 0.6 is 0 Å². The van der Waals surface area contributed by atoms with Crippen LogP contribution in [-0.2, 0) is 0 Å². The molecule has 1 aromatic rings. The Balaban J connectivity index is 2.96.